The molecule has 13 heavy (non-hydrogen) atoms. The zero-order chi connectivity index (χ0) is 9.68. The predicted octanol–water partition coefficient (Wildman–Crippen LogP) is 3.66. The number of rotatable bonds is 4. The molecular weight excluding hydrogens is 207 g/mol. The van der Waals surface area contributed by atoms with Gasteiger partial charge in [0.2, 0.25) is 0 Å². The first-order valence-corrected chi connectivity index (χ1v) is 5.03. The van der Waals surface area contributed by atoms with Crippen molar-refractivity contribution < 1.29 is 4.74 Å². The van der Waals surface area contributed by atoms with Gasteiger partial charge in [-0.1, -0.05) is 23.7 Å². The van der Waals surface area contributed by atoms with E-state index in [9.17, 15) is 0 Å². The van der Waals surface area contributed by atoms with Gasteiger partial charge in [-0.3, -0.25) is 0 Å². The zero-order valence-corrected chi connectivity index (χ0v) is 8.98. The molecular formula is C10H12Cl2O. The van der Waals surface area contributed by atoms with Gasteiger partial charge in [0.25, 0.3) is 0 Å². The Labute approximate surface area is 88.6 Å². The van der Waals surface area contributed by atoms with E-state index in [1.165, 1.54) is 0 Å². The van der Waals surface area contributed by atoms with E-state index in [4.69, 9.17) is 27.9 Å². The van der Waals surface area contributed by atoms with E-state index in [1.807, 2.05) is 24.3 Å². The van der Waals surface area contributed by atoms with Crippen molar-refractivity contribution in [3.63, 3.8) is 0 Å². The molecule has 72 valence electrons. The van der Waals surface area contributed by atoms with Gasteiger partial charge in [0.05, 0.1) is 6.10 Å². The molecule has 0 aliphatic rings. The van der Waals surface area contributed by atoms with Crippen LogP contribution in [0.2, 0.25) is 5.02 Å². The highest BCUT2D eigenvalue weighted by Crippen LogP contribution is 2.22. The fourth-order valence-electron chi connectivity index (χ4n) is 1.20. The number of hydrogen-bond donors (Lipinski definition) is 0. The molecule has 1 aromatic carbocycles. The van der Waals surface area contributed by atoms with Gasteiger partial charge < -0.3 is 4.74 Å². The summed E-state index contributed by atoms with van der Waals surface area (Å²) in [5, 5.41) is 0.740. The minimum absolute atomic E-state index is 0.0785. The Morgan fingerprint density at radius 3 is 2.38 bits per heavy atom. The molecule has 0 radical (unpaired) electrons. The van der Waals surface area contributed by atoms with Gasteiger partial charge in [-0.15, -0.1) is 11.6 Å². The fourth-order valence-corrected chi connectivity index (χ4v) is 1.52. The maximum absolute atomic E-state index is 5.77. The summed E-state index contributed by atoms with van der Waals surface area (Å²) < 4.78 is 5.29. The lowest BCUT2D eigenvalue weighted by molar-refractivity contribution is 0.101. The molecule has 0 saturated carbocycles. The van der Waals surface area contributed by atoms with Crippen LogP contribution >= 0.6 is 23.2 Å². The average molecular weight is 219 g/mol. The van der Waals surface area contributed by atoms with Crippen LogP contribution in [0.3, 0.4) is 0 Å². The molecule has 0 aliphatic heterocycles. The molecule has 1 rings (SSSR count). The molecule has 0 unspecified atom stereocenters. The van der Waals surface area contributed by atoms with Gasteiger partial charge in [0.1, 0.15) is 0 Å². The zero-order valence-electron chi connectivity index (χ0n) is 7.47. The predicted molar refractivity (Wildman–Crippen MR) is 56.5 cm³/mol. The number of ether oxygens (including phenoxy) is 1. The Kier molecular flexibility index (Phi) is 4.57. The van der Waals surface area contributed by atoms with E-state index in [0.29, 0.717) is 5.88 Å². The largest absolute Gasteiger partial charge is 0.377 e. The minimum atomic E-state index is 0.0785. The molecule has 0 aromatic heterocycles. The number of benzene rings is 1. The summed E-state index contributed by atoms with van der Waals surface area (Å²) in [4.78, 5) is 0. The topological polar surface area (TPSA) is 9.23 Å². The maximum Gasteiger partial charge on any atom is 0.0832 e. The van der Waals surface area contributed by atoms with Crippen LogP contribution in [0.4, 0.5) is 0 Å². The summed E-state index contributed by atoms with van der Waals surface area (Å²) >= 11 is 11.4. The third-order valence-corrected chi connectivity index (χ3v) is 2.37. The molecule has 0 N–H and O–H groups in total. The number of alkyl halides is 1. The van der Waals surface area contributed by atoms with Crippen molar-refractivity contribution in [2.24, 2.45) is 0 Å². The van der Waals surface area contributed by atoms with Crippen molar-refractivity contribution in [1.82, 2.24) is 0 Å². The van der Waals surface area contributed by atoms with Crippen molar-refractivity contribution in [2.45, 2.75) is 12.5 Å². The van der Waals surface area contributed by atoms with Crippen LogP contribution in [-0.4, -0.2) is 13.0 Å². The Hall–Kier alpha value is -0.240. The SMILES string of the molecule is CO[C@@H](CCCl)c1ccc(Cl)cc1. The van der Waals surface area contributed by atoms with E-state index >= 15 is 0 Å². The van der Waals surface area contributed by atoms with Crippen LogP contribution < -0.4 is 0 Å². The quantitative estimate of drug-likeness (QED) is 0.702. The molecule has 0 aliphatic carbocycles. The lowest BCUT2D eigenvalue weighted by Gasteiger charge is -2.13. The Morgan fingerprint density at radius 1 is 1.31 bits per heavy atom. The second-order valence-electron chi connectivity index (χ2n) is 2.75. The first kappa shape index (κ1) is 10.8. The third-order valence-electron chi connectivity index (χ3n) is 1.90. The molecule has 0 spiro atoms. The summed E-state index contributed by atoms with van der Waals surface area (Å²) in [6.45, 7) is 0. The number of hydrogen-bond acceptors (Lipinski definition) is 1. The third kappa shape index (κ3) is 3.18. The first-order chi connectivity index (χ1) is 6.27. The Bertz CT molecular complexity index is 246. The maximum atomic E-state index is 5.77. The lowest BCUT2D eigenvalue weighted by atomic mass is 10.1. The van der Waals surface area contributed by atoms with Gasteiger partial charge in [0.15, 0.2) is 0 Å². The van der Waals surface area contributed by atoms with E-state index in [2.05, 4.69) is 0 Å². The summed E-state index contributed by atoms with van der Waals surface area (Å²) in [7, 11) is 1.69. The number of halogens is 2. The average Bonchev–Trinajstić information content (AvgIpc) is 2.16. The van der Waals surface area contributed by atoms with Gasteiger partial charge in [0, 0.05) is 18.0 Å². The highest BCUT2D eigenvalue weighted by molar-refractivity contribution is 6.30. The summed E-state index contributed by atoms with van der Waals surface area (Å²) in [6, 6.07) is 7.64. The summed E-state index contributed by atoms with van der Waals surface area (Å²) in [6.07, 6.45) is 0.898. The van der Waals surface area contributed by atoms with E-state index in [1.54, 1.807) is 7.11 Å². The van der Waals surface area contributed by atoms with Crippen LogP contribution in [0.15, 0.2) is 24.3 Å². The number of methoxy groups -OCH3 is 1. The molecule has 1 aromatic rings. The lowest BCUT2D eigenvalue weighted by Crippen LogP contribution is -2.01. The van der Waals surface area contributed by atoms with Crippen LogP contribution in [0.5, 0.6) is 0 Å². The van der Waals surface area contributed by atoms with Gasteiger partial charge >= 0.3 is 0 Å². The minimum Gasteiger partial charge on any atom is -0.377 e. The van der Waals surface area contributed by atoms with E-state index < -0.39 is 0 Å². The highest BCUT2D eigenvalue weighted by Gasteiger charge is 2.08. The summed E-state index contributed by atoms with van der Waals surface area (Å²) in [5.74, 6) is 0.598. The highest BCUT2D eigenvalue weighted by atomic mass is 35.5. The van der Waals surface area contributed by atoms with Crippen molar-refractivity contribution in [3.8, 4) is 0 Å². The molecule has 3 heteroatoms. The molecule has 1 nitrogen and oxygen atoms in total. The molecule has 0 heterocycles. The second-order valence-corrected chi connectivity index (χ2v) is 3.57. The second kappa shape index (κ2) is 5.48. The van der Waals surface area contributed by atoms with Crippen LogP contribution in [0.25, 0.3) is 0 Å². The Morgan fingerprint density at radius 2 is 1.92 bits per heavy atom. The van der Waals surface area contributed by atoms with Gasteiger partial charge in [-0.05, 0) is 24.1 Å². The van der Waals surface area contributed by atoms with E-state index in [-0.39, 0.29) is 6.10 Å². The molecule has 0 amide bonds. The standard InChI is InChI=1S/C10H12Cl2O/c1-13-10(6-7-11)8-2-4-9(12)5-3-8/h2-5,10H,6-7H2,1H3/t10-/m0/s1. The molecule has 0 bridgehead atoms. The normalized spacial score (nSPS) is 12.8. The van der Waals surface area contributed by atoms with Crippen molar-refractivity contribution in [2.75, 3.05) is 13.0 Å². The first-order valence-electron chi connectivity index (χ1n) is 4.12. The van der Waals surface area contributed by atoms with Crippen LogP contribution in [0.1, 0.15) is 18.1 Å². The van der Waals surface area contributed by atoms with Gasteiger partial charge in [-0.2, -0.15) is 0 Å². The van der Waals surface area contributed by atoms with Crippen molar-refractivity contribution in [1.29, 1.82) is 0 Å². The monoisotopic (exact) mass is 218 g/mol. The van der Waals surface area contributed by atoms with Crippen LogP contribution in [-0.2, 0) is 4.74 Å². The van der Waals surface area contributed by atoms with Crippen molar-refractivity contribution in [3.05, 3.63) is 34.9 Å². The summed E-state index contributed by atoms with van der Waals surface area (Å²) in [5.41, 5.74) is 1.12. The molecule has 1 atom stereocenters. The van der Waals surface area contributed by atoms with Crippen molar-refractivity contribution >= 4 is 23.2 Å². The smallest absolute Gasteiger partial charge is 0.0832 e. The van der Waals surface area contributed by atoms with Crippen LogP contribution in [0, 0.1) is 0 Å². The molecule has 0 saturated heterocycles. The molecule has 0 fully saturated rings. The fraction of sp³-hybridized carbons (Fsp3) is 0.400. The Balaban J connectivity index is 2.73. The van der Waals surface area contributed by atoms with Gasteiger partial charge in [-0.25, -0.2) is 0 Å². The van der Waals surface area contributed by atoms with E-state index in [0.717, 1.165) is 17.0 Å².